The first-order chi connectivity index (χ1) is 7.90. The molecule has 0 amide bonds. The molecular weight excluding hydrogens is 222 g/mol. The monoisotopic (exact) mass is 246 g/mol. The average Bonchev–Trinajstić information content (AvgIpc) is 2.34. The number of allylic oxidation sites excluding steroid dienone is 4. The van der Waals surface area contributed by atoms with E-state index in [9.17, 15) is 8.78 Å². The maximum atomic E-state index is 12.3. The third kappa shape index (κ3) is 11.3. The molecule has 100 valence electrons. The predicted octanol–water partition coefficient (Wildman–Crippen LogP) is 4.97. The number of halogens is 2. The molecule has 0 aliphatic carbocycles. The van der Waals surface area contributed by atoms with Crippen LogP contribution < -0.4 is 0 Å². The molecule has 0 radical (unpaired) electrons. The Kier molecular flexibility index (Phi) is 12.5. The molecule has 0 rings (SSSR count). The number of hydrogen-bond acceptors (Lipinski definition) is 1. The molecule has 0 spiro atoms. The van der Waals surface area contributed by atoms with Crippen LogP contribution in [-0.2, 0) is 4.74 Å². The first-order valence-electron chi connectivity index (χ1n) is 5.81. The highest BCUT2D eigenvalue weighted by atomic mass is 19.2. The van der Waals surface area contributed by atoms with Gasteiger partial charge in [-0.3, -0.25) is 0 Å². The largest absolute Gasteiger partial charge is 0.381 e. The van der Waals surface area contributed by atoms with Gasteiger partial charge in [-0.2, -0.15) is 0 Å². The fraction of sp³-hybridized carbons (Fsp3) is 0.571. The Morgan fingerprint density at radius 2 is 1.88 bits per heavy atom. The second-order valence-electron chi connectivity index (χ2n) is 3.82. The standard InChI is InChI=1S/C7H8F2.C7H16O/c1-4-6(8)7(9)5(2)3;1-4-7(3)6-8-5-2/h4H,1-2H2,3H3;7H,4-6H2,1-3H3/b7-6-;. The Bertz CT molecular complexity index is 257. The molecular formula is C14H24F2O. The van der Waals surface area contributed by atoms with Gasteiger partial charge in [0.15, 0.2) is 11.7 Å². The van der Waals surface area contributed by atoms with Crippen molar-refractivity contribution in [2.75, 3.05) is 13.2 Å². The van der Waals surface area contributed by atoms with E-state index < -0.39 is 11.7 Å². The summed E-state index contributed by atoms with van der Waals surface area (Å²) in [5.74, 6) is -1.15. The summed E-state index contributed by atoms with van der Waals surface area (Å²) in [4.78, 5) is 0. The van der Waals surface area contributed by atoms with Gasteiger partial charge in [0.2, 0.25) is 0 Å². The topological polar surface area (TPSA) is 9.23 Å². The van der Waals surface area contributed by atoms with Crippen LogP contribution in [0.25, 0.3) is 0 Å². The van der Waals surface area contributed by atoms with Crippen LogP contribution in [0.3, 0.4) is 0 Å². The summed E-state index contributed by atoms with van der Waals surface area (Å²) in [5, 5.41) is 0. The van der Waals surface area contributed by atoms with Crippen molar-refractivity contribution in [3.8, 4) is 0 Å². The SMILES string of the molecule is C=C/C(F)=C(/F)C(=C)C.CCOCC(C)CC. The van der Waals surface area contributed by atoms with Crippen molar-refractivity contribution in [2.45, 2.75) is 34.1 Å². The van der Waals surface area contributed by atoms with Crippen molar-refractivity contribution < 1.29 is 13.5 Å². The van der Waals surface area contributed by atoms with E-state index in [2.05, 4.69) is 27.0 Å². The van der Waals surface area contributed by atoms with Gasteiger partial charge < -0.3 is 4.74 Å². The minimum absolute atomic E-state index is 0.0763. The fourth-order valence-corrected chi connectivity index (χ4v) is 0.730. The van der Waals surface area contributed by atoms with Crippen LogP contribution in [0.15, 0.2) is 36.5 Å². The first kappa shape index (κ1) is 18.4. The van der Waals surface area contributed by atoms with Crippen LogP contribution in [0.5, 0.6) is 0 Å². The molecule has 0 aliphatic heterocycles. The van der Waals surface area contributed by atoms with Crippen molar-refractivity contribution in [1.82, 2.24) is 0 Å². The van der Waals surface area contributed by atoms with E-state index in [-0.39, 0.29) is 5.57 Å². The Morgan fingerprint density at radius 3 is 2.12 bits per heavy atom. The predicted molar refractivity (Wildman–Crippen MR) is 70.2 cm³/mol. The summed E-state index contributed by atoms with van der Waals surface area (Å²) in [5.41, 5.74) is 0.0763. The molecule has 0 aliphatic rings. The zero-order valence-corrected chi connectivity index (χ0v) is 11.4. The van der Waals surface area contributed by atoms with Crippen molar-refractivity contribution in [2.24, 2.45) is 5.92 Å². The molecule has 17 heavy (non-hydrogen) atoms. The fourth-order valence-electron chi connectivity index (χ4n) is 0.730. The molecule has 0 N–H and O–H groups in total. The third-order valence-corrected chi connectivity index (χ3v) is 2.07. The van der Waals surface area contributed by atoms with Crippen LogP contribution in [0.1, 0.15) is 34.1 Å². The third-order valence-electron chi connectivity index (χ3n) is 2.07. The molecule has 0 aromatic carbocycles. The van der Waals surface area contributed by atoms with Gasteiger partial charge in [-0.25, -0.2) is 8.78 Å². The van der Waals surface area contributed by atoms with Gasteiger partial charge in [0.05, 0.1) is 0 Å². The van der Waals surface area contributed by atoms with Gasteiger partial charge in [0.25, 0.3) is 0 Å². The zero-order chi connectivity index (χ0) is 13.8. The van der Waals surface area contributed by atoms with E-state index in [0.717, 1.165) is 25.2 Å². The molecule has 0 fully saturated rings. The van der Waals surface area contributed by atoms with Crippen molar-refractivity contribution in [3.05, 3.63) is 36.5 Å². The smallest absolute Gasteiger partial charge is 0.161 e. The molecule has 0 saturated heterocycles. The summed E-state index contributed by atoms with van der Waals surface area (Å²) in [7, 11) is 0. The van der Waals surface area contributed by atoms with E-state index >= 15 is 0 Å². The van der Waals surface area contributed by atoms with Gasteiger partial charge in [-0.15, -0.1) is 0 Å². The molecule has 0 heterocycles. The number of rotatable bonds is 6. The molecule has 0 aromatic rings. The lowest BCUT2D eigenvalue weighted by Crippen LogP contribution is -2.03. The van der Waals surface area contributed by atoms with Crippen LogP contribution in [-0.4, -0.2) is 13.2 Å². The van der Waals surface area contributed by atoms with Crippen LogP contribution in [0.2, 0.25) is 0 Å². The van der Waals surface area contributed by atoms with Gasteiger partial charge in [-0.05, 0) is 31.4 Å². The maximum Gasteiger partial charge on any atom is 0.161 e. The minimum Gasteiger partial charge on any atom is -0.381 e. The highest BCUT2D eigenvalue weighted by Crippen LogP contribution is 2.15. The quantitative estimate of drug-likeness (QED) is 0.601. The summed E-state index contributed by atoms with van der Waals surface area (Å²) < 4.78 is 29.5. The second-order valence-corrected chi connectivity index (χ2v) is 3.82. The maximum absolute atomic E-state index is 12.3. The zero-order valence-electron chi connectivity index (χ0n) is 11.4. The Balaban J connectivity index is 0. The van der Waals surface area contributed by atoms with Gasteiger partial charge >= 0.3 is 0 Å². The molecule has 3 heteroatoms. The van der Waals surface area contributed by atoms with E-state index in [1.165, 1.54) is 13.3 Å². The Hall–Kier alpha value is -0.960. The van der Waals surface area contributed by atoms with E-state index in [4.69, 9.17) is 4.74 Å². The molecule has 0 bridgehead atoms. The summed E-state index contributed by atoms with van der Waals surface area (Å²) >= 11 is 0. The Labute approximate surface area is 104 Å². The lowest BCUT2D eigenvalue weighted by Gasteiger charge is -2.05. The molecule has 0 saturated carbocycles. The van der Waals surface area contributed by atoms with Crippen LogP contribution in [0, 0.1) is 5.92 Å². The van der Waals surface area contributed by atoms with Gasteiger partial charge in [-0.1, -0.05) is 33.4 Å². The van der Waals surface area contributed by atoms with E-state index in [1.54, 1.807) is 0 Å². The van der Waals surface area contributed by atoms with Crippen molar-refractivity contribution >= 4 is 0 Å². The Morgan fingerprint density at radius 1 is 1.35 bits per heavy atom. The summed E-state index contributed by atoms with van der Waals surface area (Å²) in [6.45, 7) is 15.8. The number of hydrogen-bond donors (Lipinski definition) is 0. The van der Waals surface area contributed by atoms with Crippen LogP contribution >= 0.6 is 0 Å². The lowest BCUT2D eigenvalue weighted by atomic mass is 10.1. The van der Waals surface area contributed by atoms with E-state index in [0.29, 0.717) is 0 Å². The highest BCUT2D eigenvalue weighted by molar-refractivity contribution is 5.27. The van der Waals surface area contributed by atoms with Crippen molar-refractivity contribution in [1.29, 1.82) is 0 Å². The average molecular weight is 246 g/mol. The normalized spacial score (nSPS) is 13.1. The summed E-state index contributed by atoms with van der Waals surface area (Å²) in [6, 6.07) is 0. The van der Waals surface area contributed by atoms with Gasteiger partial charge in [0.1, 0.15) is 0 Å². The van der Waals surface area contributed by atoms with E-state index in [1.807, 2.05) is 6.92 Å². The lowest BCUT2D eigenvalue weighted by molar-refractivity contribution is 0.115. The van der Waals surface area contributed by atoms with Gasteiger partial charge in [0, 0.05) is 13.2 Å². The van der Waals surface area contributed by atoms with Crippen molar-refractivity contribution in [3.63, 3.8) is 0 Å². The number of ether oxygens (including phenoxy) is 1. The second kappa shape index (κ2) is 11.5. The molecule has 1 atom stereocenters. The highest BCUT2D eigenvalue weighted by Gasteiger charge is 2.00. The molecule has 0 aromatic heterocycles. The first-order valence-corrected chi connectivity index (χ1v) is 5.81. The molecule has 1 unspecified atom stereocenters. The van der Waals surface area contributed by atoms with Crippen LogP contribution in [0.4, 0.5) is 8.78 Å². The summed E-state index contributed by atoms with van der Waals surface area (Å²) in [6.07, 6.45) is 2.03. The molecule has 1 nitrogen and oxygen atoms in total. The minimum atomic E-state index is -0.956.